The van der Waals surface area contributed by atoms with E-state index in [0.717, 1.165) is 44.8 Å². The van der Waals surface area contributed by atoms with Gasteiger partial charge in [-0.2, -0.15) is 5.10 Å². The molecule has 0 saturated carbocycles. The van der Waals surface area contributed by atoms with Crippen molar-refractivity contribution in [2.24, 2.45) is 0 Å². The average Bonchev–Trinajstić information content (AvgIpc) is 3.14. The van der Waals surface area contributed by atoms with Gasteiger partial charge < -0.3 is 5.32 Å². The lowest BCUT2D eigenvalue weighted by molar-refractivity contribution is 0.254. The molecule has 0 bridgehead atoms. The molecule has 4 nitrogen and oxygen atoms in total. The molecular formula is C22H26N4. The topological polar surface area (TPSA) is 44.0 Å². The second-order valence-electron chi connectivity index (χ2n) is 7.11. The molecule has 0 atom stereocenters. The van der Waals surface area contributed by atoms with E-state index < -0.39 is 0 Å². The van der Waals surface area contributed by atoms with E-state index in [0.29, 0.717) is 0 Å². The number of nitrogens with zero attached hydrogens (tertiary/aromatic N) is 2. The molecule has 4 heteroatoms. The van der Waals surface area contributed by atoms with Crippen molar-refractivity contribution in [2.75, 3.05) is 19.6 Å². The highest BCUT2D eigenvalue weighted by Gasteiger charge is 2.15. The molecule has 0 unspecified atom stereocenters. The zero-order valence-electron chi connectivity index (χ0n) is 15.3. The van der Waals surface area contributed by atoms with E-state index in [9.17, 15) is 0 Å². The monoisotopic (exact) mass is 346 g/mol. The SMILES string of the molecule is Cc1ccc(-c2[nH]ncc2CNCCN2CCc3ccccc3C2)cc1. The third kappa shape index (κ3) is 3.87. The first kappa shape index (κ1) is 17.0. The number of nitrogens with one attached hydrogen (secondary N) is 2. The Morgan fingerprint density at radius 3 is 2.73 bits per heavy atom. The molecule has 0 spiro atoms. The highest BCUT2D eigenvalue weighted by Crippen LogP contribution is 2.21. The van der Waals surface area contributed by atoms with Crippen LogP contribution in [0.15, 0.2) is 54.7 Å². The van der Waals surface area contributed by atoms with E-state index in [1.165, 1.54) is 27.8 Å². The summed E-state index contributed by atoms with van der Waals surface area (Å²) in [6.07, 6.45) is 3.09. The van der Waals surface area contributed by atoms with Crippen molar-refractivity contribution in [3.05, 3.63) is 77.0 Å². The summed E-state index contributed by atoms with van der Waals surface area (Å²) in [6.45, 7) is 7.23. The van der Waals surface area contributed by atoms with Gasteiger partial charge in [0.05, 0.1) is 11.9 Å². The van der Waals surface area contributed by atoms with Crippen LogP contribution in [0.4, 0.5) is 0 Å². The third-order valence-electron chi connectivity index (χ3n) is 5.19. The van der Waals surface area contributed by atoms with Gasteiger partial charge >= 0.3 is 0 Å². The summed E-state index contributed by atoms with van der Waals surface area (Å²) >= 11 is 0. The summed E-state index contributed by atoms with van der Waals surface area (Å²) in [5.74, 6) is 0. The Bertz CT molecular complexity index is 851. The molecule has 0 aliphatic carbocycles. The maximum atomic E-state index is 4.24. The summed E-state index contributed by atoms with van der Waals surface area (Å²) in [6, 6.07) is 17.4. The Morgan fingerprint density at radius 2 is 1.88 bits per heavy atom. The number of rotatable bonds is 6. The number of aromatic nitrogens is 2. The van der Waals surface area contributed by atoms with Crippen molar-refractivity contribution in [1.82, 2.24) is 20.4 Å². The minimum absolute atomic E-state index is 0.837. The van der Waals surface area contributed by atoms with Crippen LogP contribution >= 0.6 is 0 Å². The summed E-state index contributed by atoms with van der Waals surface area (Å²) < 4.78 is 0. The van der Waals surface area contributed by atoms with Crippen LogP contribution in [0.5, 0.6) is 0 Å². The fourth-order valence-electron chi connectivity index (χ4n) is 3.62. The number of fused-ring (bicyclic) bond motifs is 1. The Kier molecular flexibility index (Phi) is 5.14. The zero-order chi connectivity index (χ0) is 17.8. The van der Waals surface area contributed by atoms with Gasteiger partial charge in [0.25, 0.3) is 0 Å². The largest absolute Gasteiger partial charge is 0.311 e. The van der Waals surface area contributed by atoms with Crippen molar-refractivity contribution in [3.8, 4) is 11.3 Å². The molecule has 1 aliphatic heterocycles. The lowest BCUT2D eigenvalue weighted by atomic mass is 10.00. The van der Waals surface area contributed by atoms with Crippen LogP contribution in [0.2, 0.25) is 0 Å². The van der Waals surface area contributed by atoms with Gasteiger partial charge in [-0.05, 0) is 30.0 Å². The molecule has 0 amide bonds. The summed E-state index contributed by atoms with van der Waals surface area (Å²) in [5, 5.41) is 11.0. The predicted molar refractivity (Wildman–Crippen MR) is 106 cm³/mol. The Labute approximate surface area is 155 Å². The third-order valence-corrected chi connectivity index (χ3v) is 5.19. The van der Waals surface area contributed by atoms with E-state index in [-0.39, 0.29) is 0 Å². The van der Waals surface area contributed by atoms with Crippen LogP contribution in [0, 0.1) is 6.92 Å². The van der Waals surface area contributed by atoms with Gasteiger partial charge in [0.1, 0.15) is 0 Å². The highest BCUT2D eigenvalue weighted by molar-refractivity contribution is 5.62. The second-order valence-corrected chi connectivity index (χ2v) is 7.11. The maximum Gasteiger partial charge on any atom is 0.0695 e. The van der Waals surface area contributed by atoms with Crippen LogP contribution in [-0.4, -0.2) is 34.7 Å². The van der Waals surface area contributed by atoms with E-state index in [1.54, 1.807) is 0 Å². The first-order chi connectivity index (χ1) is 12.8. The molecular weight excluding hydrogens is 320 g/mol. The van der Waals surface area contributed by atoms with Gasteiger partial charge in [-0.3, -0.25) is 10.00 Å². The average molecular weight is 346 g/mol. The minimum atomic E-state index is 0.837. The quantitative estimate of drug-likeness (QED) is 0.671. The van der Waals surface area contributed by atoms with Gasteiger partial charge in [0.15, 0.2) is 0 Å². The van der Waals surface area contributed by atoms with Gasteiger partial charge in [-0.1, -0.05) is 54.1 Å². The molecule has 1 aromatic heterocycles. The van der Waals surface area contributed by atoms with Crippen molar-refractivity contribution >= 4 is 0 Å². The number of hydrogen-bond acceptors (Lipinski definition) is 3. The number of H-pyrrole nitrogens is 1. The van der Waals surface area contributed by atoms with Gasteiger partial charge in [-0.15, -0.1) is 0 Å². The van der Waals surface area contributed by atoms with E-state index >= 15 is 0 Å². The molecule has 26 heavy (non-hydrogen) atoms. The number of benzene rings is 2. The lowest BCUT2D eigenvalue weighted by Gasteiger charge is -2.28. The molecule has 1 aliphatic rings. The smallest absolute Gasteiger partial charge is 0.0695 e. The Morgan fingerprint density at radius 1 is 1.08 bits per heavy atom. The predicted octanol–water partition coefficient (Wildman–Crippen LogP) is 3.53. The standard InChI is InChI=1S/C22H26N4/c1-17-6-8-19(9-7-17)22-21(15-24-25-22)14-23-11-13-26-12-10-18-4-2-3-5-20(18)16-26/h2-9,15,23H,10-14,16H2,1H3,(H,24,25). The van der Waals surface area contributed by atoms with Crippen LogP contribution in [-0.2, 0) is 19.5 Å². The number of aryl methyl sites for hydroxylation is 1. The van der Waals surface area contributed by atoms with Crippen LogP contribution in [0.3, 0.4) is 0 Å². The molecule has 0 saturated heterocycles. The molecule has 3 aromatic rings. The maximum absolute atomic E-state index is 4.24. The van der Waals surface area contributed by atoms with Gasteiger partial charge in [0, 0.05) is 38.3 Å². The van der Waals surface area contributed by atoms with E-state index in [1.807, 2.05) is 6.20 Å². The Hall–Kier alpha value is -2.43. The van der Waals surface area contributed by atoms with Crippen LogP contribution < -0.4 is 5.32 Å². The lowest BCUT2D eigenvalue weighted by Crippen LogP contribution is -2.35. The van der Waals surface area contributed by atoms with E-state index in [2.05, 4.69) is 75.9 Å². The highest BCUT2D eigenvalue weighted by atomic mass is 15.1. The summed E-state index contributed by atoms with van der Waals surface area (Å²) in [5.41, 5.74) is 7.80. The van der Waals surface area contributed by atoms with Crippen LogP contribution in [0.1, 0.15) is 22.3 Å². The molecule has 2 heterocycles. The molecule has 2 N–H and O–H groups in total. The van der Waals surface area contributed by atoms with Crippen LogP contribution in [0.25, 0.3) is 11.3 Å². The van der Waals surface area contributed by atoms with Gasteiger partial charge in [0.2, 0.25) is 0 Å². The number of hydrogen-bond donors (Lipinski definition) is 2. The normalized spacial score (nSPS) is 14.3. The first-order valence-corrected chi connectivity index (χ1v) is 9.39. The fourth-order valence-corrected chi connectivity index (χ4v) is 3.62. The van der Waals surface area contributed by atoms with E-state index in [4.69, 9.17) is 0 Å². The molecule has 0 fully saturated rings. The first-order valence-electron chi connectivity index (χ1n) is 9.39. The van der Waals surface area contributed by atoms with Crippen molar-refractivity contribution in [1.29, 1.82) is 0 Å². The Balaban J connectivity index is 1.28. The zero-order valence-corrected chi connectivity index (χ0v) is 15.3. The van der Waals surface area contributed by atoms with Gasteiger partial charge in [-0.25, -0.2) is 0 Å². The number of aromatic amines is 1. The fraction of sp³-hybridized carbons (Fsp3) is 0.318. The minimum Gasteiger partial charge on any atom is -0.311 e. The molecule has 0 radical (unpaired) electrons. The molecule has 4 rings (SSSR count). The van der Waals surface area contributed by atoms with Crippen molar-refractivity contribution in [2.45, 2.75) is 26.4 Å². The summed E-state index contributed by atoms with van der Waals surface area (Å²) in [4.78, 5) is 2.53. The molecule has 2 aromatic carbocycles. The van der Waals surface area contributed by atoms with Crippen molar-refractivity contribution in [3.63, 3.8) is 0 Å². The van der Waals surface area contributed by atoms with Crippen molar-refractivity contribution < 1.29 is 0 Å². The second kappa shape index (κ2) is 7.85. The molecule has 134 valence electrons. The summed E-state index contributed by atoms with van der Waals surface area (Å²) in [7, 11) is 0.